The number of rotatable bonds is 44. The van der Waals surface area contributed by atoms with Crippen LogP contribution in [0.1, 0.15) is 258 Å². The molecule has 0 aromatic heterocycles. The van der Waals surface area contributed by atoms with Crippen molar-refractivity contribution < 1.29 is 24.5 Å². The molecule has 2 atom stereocenters. The predicted octanol–water partition coefficient (Wildman–Crippen LogP) is 13.8. The van der Waals surface area contributed by atoms with E-state index in [1.807, 2.05) is 6.08 Å². The van der Waals surface area contributed by atoms with E-state index in [0.717, 1.165) is 44.9 Å². The first-order valence-corrected chi connectivity index (χ1v) is 24.0. The van der Waals surface area contributed by atoms with E-state index in [4.69, 9.17) is 4.74 Å². The summed E-state index contributed by atoms with van der Waals surface area (Å²) in [5.41, 5.74) is 0. The SMILES string of the molecule is CCCCCCCCC/C=C/C(O)C(CO)NC(=O)CCCCCCCCCCCCCCCCCOC(=O)CCCCCCCCCCCCCCC. The smallest absolute Gasteiger partial charge is 0.305 e. The first-order valence-electron chi connectivity index (χ1n) is 24.0. The summed E-state index contributed by atoms with van der Waals surface area (Å²) in [5, 5.41) is 22.9. The van der Waals surface area contributed by atoms with Gasteiger partial charge in [-0.25, -0.2) is 0 Å². The van der Waals surface area contributed by atoms with Crippen molar-refractivity contribution in [2.45, 2.75) is 270 Å². The molecule has 0 bridgehead atoms. The van der Waals surface area contributed by atoms with E-state index in [1.54, 1.807) is 6.08 Å². The summed E-state index contributed by atoms with van der Waals surface area (Å²) in [5.74, 6) is -0.0785. The summed E-state index contributed by atoms with van der Waals surface area (Å²) in [6.07, 6.45) is 49.2. The minimum Gasteiger partial charge on any atom is -0.466 e. The van der Waals surface area contributed by atoms with Gasteiger partial charge in [-0.05, 0) is 32.1 Å². The fourth-order valence-electron chi connectivity index (χ4n) is 7.34. The zero-order valence-electron chi connectivity index (χ0n) is 36.2. The van der Waals surface area contributed by atoms with Gasteiger partial charge in [-0.2, -0.15) is 0 Å². The zero-order chi connectivity index (χ0) is 39.4. The second kappa shape index (κ2) is 44.3. The molecule has 0 saturated carbocycles. The maximum Gasteiger partial charge on any atom is 0.305 e. The molecule has 0 aliphatic rings. The van der Waals surface area contributed by atoms with Gasteiger partial charge in [0.2, 0.25) is 5.91 Å². The fourth-order valence-corrected chi connectivity index (χ4v) is 7.34. The number of hydrogen-bond acceptors (Lipinski definition) is 5. The molecule has 1 amide bonds. The Balaban J connectivity index is 3.42. The molecule has 6 heteroatoms. The molecule has 3 N–H and O–H groups in total. The van der Waals surface area contributed by atoms with Crippen molar-refractivity contribution in [2.75, 3.05) is 13.2 Å². The third-order valence-electron chi connectivity index (χ3n) is 11.1. The molecule has 320 valence electrons. The number of carbonyl (C=O) groups excluding carboxylic acids is 2. The lowest BCUT2D eigenvalue weighted by atomic mass is 10.0. The van der Waals surface area contributed by atoms with Crippen LogP contribution in [0.5, 0.6) is 0 Å². The topological polar surface area (TPSA) is 95.9 Å². The van der Waals surface area contributed by atoms with Crippen molar-refractivity contribution in [3.05, 3.63) is 12.2 Å². The zero-order valence-corrected chi connectivity index (χ0v) is 36.2. The molecule has 6 nitrogen and oxygen atoms in total. The summed E-state index contributed by atoms with van der Waals surface area (Å²) in [7, 11) is 0. The number of unbranched alkanes of at least 4 members (excludes halogenated alkanes) is 33. The van der Waals surface area contributed by atoms with Crippen LogP contribution in [0.15, 0.2) is 12.2 Å². The van der Waals surface area contributed by atoms with Crippen molar-refractivity contribution in [3.63, 3.8) is 0 Å². The van der Waals surface area contributed by atoms with Crippen LogP contribution in [-0.2, 0) is 14.3 Å². The number of aliphatic hydroxyl groups is 2. The van der Waals surface area contributed by atoms with E-state index in [1.165, 1.54) is 186 Å². The van der Waals surface area contributed by atoms with Gasteiger partial charge in [-0.1, -0.05) is 225 Å². The first kappa shape index (κ1) is 52.6. The van der Waals surface area contributed by atoms with Crippen molar-refractivity contribution >= 4 is 11.9 Å². The highest BCUT2D eigenvalue weighted by Crippen LogP contribution is 2.16. The number of hydrogen-bond donors (Lipinski definition) is 3. The van der Waals surface area contributed by atoms with Crippen LogP contribution < -0.4 is 5.32 Å². The van der Waals surface area contributed by atoms with Gasteiger partial charge >= 0.3 is 5.97 Å². The summed E-state index contributed by atoms with van der Waals surface area (Å²) < 4.78 is 5.45. The Morgan fingerprint density at radius 2 is 0.852 bits per heavy atom. The summed E-state index contributed by atoms with van der Waals surface area (Å²) >= 11 is 0. The Bertz CT molecular complexity index is 802. The largest absolute Gasteiger partial charge is 0.466 e. The van der Waals surface area contributed by atoms with Gasteiger partial charge in [0, 0.05) is 12.8 Å². The lowest BCUT2D eigenvalue weighted by Crippen LogP contribution is -2.45. The molecule has 0 radical (unpaired) electrons. The Morgan fingerprint density at radius 1 is 0.500 bits per heavy atom. The number of aliphatic hydroxyl groups excluding tert-OH is 2. The van der Waals surface area contributed by atoms with Crippen LogP contribution in [-0.4, -0.2) is 47.4 Å². The van der Waals surface area contributed by atoms with Gasteiger partial charge in [0.25, 0.3) is 0 Å². The van der Waals surface area contributed by atoms with Crippen LogP contribution in [0.3, 0.4) is 0 Å². The maximum atomic E-state index is 12.3. The van der Waals surface area contributed by atoms with Crippen LogP contribution >= 0.6 is 0 Å². The second-order valence-corrected chi connectivity index (χ2v) is 16.5. The highest BCUT2D eigenvalue weighted by atomic mass is 16.5. The van der Waals surface area contributed by atoms with Crippen LogP contribution in [0.25, 0.3) is 0 Å². The molecular weight excluding hydrogens is 671 g/mol. The number of allylic oxidation sites excluding steroid dienone is 1. The summed E-state index contributed by atoms with van der Waals surface area (Å²) in [4.78, 5) is 24.3. The summed E-state index contributed by atoms with van der Waals surface area (Å²) in [6.45, 7) is 4.85. The molecule has 0 fully saturated rings. The third-order valence-corrected chi connectivity index (χ3v) is 11.1. The Hall–Kier alpha value is -1.40. The van der Waals surface area contributed by atoms with E-state index in [-0.39, 0.29) is 18.5 Å². The van der Waals surface area contributed by atoms with Crippen LogP contribution in [0.4, 0.5) is 0 Å². The Morgan fingerprint density at radius 3 is 1.26 bits per heavy atom. The minimum atomic E-state index is -0.846. The molecule has 0 spiro atoms. The van der Waals surface area contributed by atoms with E-state index < -0.39 is 12.1 Å². The highest BCUT2D eigenvalue weighted by molar-refractivity contribution is 5.76. The van der Waals surface area contributed by atoms with Gasteiger partial charge in [-0.3, -0.25) is 9.59 Å². The highest BCUT2D eigenvalue weighted by Gasteiger charge is 2.18. The Kier molecular flexibility index (Phi) is 43.2. The van der Waals surface area contributed by atoms with E-state index in [9.17, 15) is 19.8 Å². The standard InChI is InChI=1S/C48H93NO5/c1-3-5-7-9-11-13-14-18-22-26-30-34-38-42-48(53)54-43-39-35-31-27-23-20-17-15-16-19-21-25-29-33-37-41-47(52)49-45(44-50)46(51)40-36-32-28-24-12-10-8-6-4-2/h36,40,45-46,50-51H,3-35,37-39,41-44H2,1-2H3,(H,49,52)/b40-36+. The molecule has 0 aromatic rings. The van der Waals surface area contributed by atoms with Crippen molar-refractivity contribution in [2.24, 2.45) is 0 Å². The molecule has 0 heterocycles. The fraction of sp³-hybridized carbons (Fsp3) is 0.917. The van der Waals surface area contributed by atoms with E-state index in [2.05, 4.69) is 19.2 Å². The molecule has 0 saturated heterocycles. The van der Waals surface area contributed by atoms with Crippen LogP contribution in [0, 0.1) is 0 Å². The van der Waals surface area contributed by atoms with Crippen molar-refractivity contribution in [3.8, 4) is 0 Å². The van der Waals surface area contributed by atoms with E-state index in [0.29, 0.717) is 19.4 Å². The van der Waals surface area contributed by atoms with Crippen LogP contribution in [0.2, 0.25) is 0 Å². The van der Waals surface area contributed by atoms with Gasteiger partial charge in [0.1, 0.15) is 0 Å². The molecular formula is C48H93NO5. The van der Waals surface area contributed by atoms with Gasteiger partial charge in [-0.15, -0.1) is 0 Å². The number of ether oxygens (including phenoxy) is 1. The maximum absolute atomic E-state index is 12.3. The third kappa shape index (κ3) is 40.3. The number of carbonyl (C=O) groups is 2. The molecule has 54 heavy (non-hydrogen) atoms. The summed E-state index contributed by atoms with van der Waals surface area (Å²) in [6, 6.07) is -0.630. The molecule has 0 aliphatic heterocycles. The van der Waals surface area contributed by atoms with Crippen molar-refractivity contribution in [1.82, 2.24) is 5.32 Å². The lowest BCUT2D eigenvalue weighted by Gasteiger charge is -2.20. The average Bonchev–Trinajstić information content (AvgIpc) is 3.17. The molecule has 2 unspecified atom stereocenters. The van der Waals surface area contributed by atoms with Gasteiger partial charge < -0.3 is 20.3 Å². The number of nitrogens with one attached hydrogen (secondary N) is 1. The Labute approximate surface area is 336 Å². The minimum absolute atomic E-state index is 0.000479. The normalized spacial score (nSPS) is 12.7. The molecule has 0 aromatic carbocycles. The number of esters is 1. The number of amides is 1. The van der Waals surface area contributed by atoms with Gasteiger partial charge in [0.15, 0.2) is 0 Å². The predicted molar refractivity (Wildman–Crippen MR) is 232 cm³/mol. The molecule has 0 rings (SSSR count). The first-order chi connectivity index (χ1) is 26.5. The van der Waals surface area contributed by atoms with Crippen molar-refractivity contribution in [1.29, 1.82) is 0 Å². The van der Waals surface area contributed by atoms with E-state index >= 15 is 0 Å². The lowest BCUT2D eigenvalue weighted by molar-refractivity contribution is -0.143. The quantitative estimate of drug-likeness (QED) is 0.0326. The van der Waals surface area contributed by atoms with Gasteiger partial charge in [0.05, 0.1) is 25.4 Å². The second-order valence-electron chi connectivity index (χ2n) is 16.5. The average molecular weight is 764 g/mol. The monoisotopic (exact) mass is 764 g/mol. The molecule has 0 aliphatic carbocycles.